The number of halogens is 1. The molecule has 2 nitrogen and oxygen atoms in total. The van der Waals surface area contributed by atoms with E-state index in [2.05, 4.69) is 0 Å². The van der Waals surface area contributed by atoms with Crippen LogP contribution in [0, 0.1) is 12.7 Å². The first-order valence-corrected chi connectivity index (χ1v) is 6.31. The Hall–Kier alpha value is -1.61. The van der Waals surface area contributed by atoms with Crippen molar-refractivity contribution in [1.82, 2.24) is 4.57 Å². The van der Waals surface area contributed by atoms with Crippen molar-refractivity contribution in [3.63, 3.8) is 0 Å². The van der Waals surface area contributed by atoms with Gasteiger partial charge in [0.25, 0.3) is 0 Å². The number of hydrogen-bond donors (Lipinski definition) is 1. The molecule has 0 fully saturated rings. The minimum absolute atomic E-state index is 0.227. The quantitative estimate of drug-likeness (QED) is 0.819. The van der Waals surface area contributed by atoms with Crippen LogP contribution in [0.15, 0.2) is 30.5 Å². The number of rotatable bonds is 1. The van der Waals surface area contributed by atoms with Crippen LogP contribution in [-0.4, -0.2) is 9.67 Å². The Morgan fingerprint density at radius 2 is 2.17 bits per heavy atom. The number of aliphatic hydroxyl groups excluding tert-OH is 1. The van der Waals surface area contributed by atoms with E-state index in [-0.39, 0.29) is 11.9 Å². The fourth-order valence-electron chi connectivity index (χ4n) is 2.73. The largest absolute Gasteiger partial charge is 0.388 e. The van der Waals surface area contributed by atoms with E-state index < -0.39 is 0 Å². The maximum atomic E-state index is 13.4. The van der Waals surface area contributed by atoms with Crippen molar-refractivity contribution in [3.8, 4) is 5.69 Å². The van der Waals surface area contributed by atoms with Crippen LogP contribution in [0.4, 0.5) is 4.39 Å². The van der Waals surface area contributed by atoms with Crippen molar-refractivity contribution >= 4 is 0 Å². The normalized spacial score (nSPS) is 18.7. The van der Waals surface area contributed by atoms with Gasteiger partial charge in [-0.05, 0) is 49.9 Å². The van der Waals surface area contributed by atoms with Crippen molar-refractivity contribution in [3.05, 3.63) is 53.1 Å². The van der Waals surface area contributed by atoms with Crippen LogP contribution in [0.1, 0.15) is 35.8 Å². The molecule has 0 saturated carbocycles. The molecule has 1 aromatic carbocycles. The zero-order valence-electron chi connectivity index (χ0n) is 10.4. The molecule has 1 aliphatic carbocycles. The fraction of sp³-hybridized carbons (Fsp3) is 0.333. The van der Waals surface area contributed by atoms with E-state index in [4.69, 9.17) is 0 Å². The first-order chi connectivity index (χ1) is 8.66. The van der Waals surface area contributed by atoms with Crippen molar-refractivity contribution < 1.29 is 9.50 Å². The lowest BCUT2D eigenvalue weighted by Gasteiger charge is -2.21. The van der Waals surface area contributed by atoms with Gasteiger partial charge in [-0.3, -0.25) is 0 Å². The average Bonchev–Trinajstić information content (AvgIpc) is 2.77. The molecule has 1 aromatic heterocycles. The number of benzene rings is 1. The van der Waals surface area contributed by atoms with Gasteiger partial charge in [0.05, 0.1) is 11.8 Å². The molecule has 1 N–H and O–H groups in total. The Bertz CT molecular complexity index is 588. The van der Waals surface area contributed by atoms with E-state index >= 15 is 0 Å². The summed E-state index contributed by atoms with van der Waals surface area (Å²) < 4.78 is 15.4. The third kappa shape index (κ3) is 1.75. The Balaban J connectivity index is 2.15. The van der Waals surface area contributed by atoms with E-state index in [1.165, 1.54) is 6.07 Å². The van der Waals surface area contributed by atoms with Crippen LogP contribution in [0.5, 0.6) is 0 Å². The number of fused-ring (bicyclic) bond motifs is 1. The molecule has 3 heteroatoms. The Kier molecular flexibility index (Phi) is 2.71. The van der Waals surface area contributed by atoms with E-state index in [9.17, 15) is 9.50 Å². The van der Waals surface area contributed by atoms with Crippen molar-refractivity contribution in [2.24, 2.45) is 0 Å². The van der Waals surface area contributed by atoms with Gasteiger partial charge >= 0.3 is 0 Å². The van der Waals surface area contributed by atoms with Crippen molar-refractivity contribution in [2.75, 3.05) is 0 Å². The van der Waals surface area contributed by atoms with Gasteiger partial charge in [-0.1, -0.05) is 6.07 Å². The minimum Gasteiger partial charge on any atom is -0.388 e. The van der Waals surface area contributed by atoms with Crippen LogP contribution in [0.2, 0.25) is 0 Å². The van der Waals surface area contributed by atoms with Crippen molar-refractivity contribution in [2.45, 2.75) is 32.3 Å². The summed E-state index contributed by atoms with van der Waals surface area (Å²) in [5.74, 6) is -0.227. The maximum absolute atomic E-state index is 13.4. The molecule has 1 unspecified atom stereocenters. The van der Waals surface area contributed by atoms with E-state index in [0.29, 0.717) is 0 Å². The van der Waals surface area contributed by atoms with Crippen LogP contribution in [0.25, 0.3) is 5.69 Å². The van der Waals surface area contributed by atoms with Gasteiger partial charge < -0.3 is 9.67 Å². The molecule has 2 aromatic rings. The van der Waals surface area contributed by atoms with Crippen LogP contribution in [-0.2, 0) is 6.42 Å². The summed E-state index contributed by atoms with van der Waals surface area (Å²) in [6.07, 6.45) is 4.30. The number of hydrogen-bond acceptors (Lipinski definition) is 1. The molecule has 3 rings (SSSR count). The number of aryl methyl sites for hydroxylation is 1. The average molecular weight is 245 g/mol. The summed E-state index contributed by atoms with van der Waals surface area (Å²) in [4.78, 5) is 0. The molecule has 0 spiro atoms. The molecule has 94 valence electrons. The van der Waals surface area contributed by atoms with Crippen LogP contribution >= 0.6 is 0 Å². The lowest BCUT2D eigenvalue weighted by molar-refractivity contribution is 0.156. The SMILES string of the molecule is Cc1ccc(F)cc1-n1ccc2c1CCCC2O. The molecular formula is C15H16FNO. The zero-order chi connectivity index (χ0) is 12.7. The van der Waals surface area contributed by atoms with Gasteiger partial charge in [-0.15, -0.1) is 0 Å². The van der Waals surface area contributed by atoms with Gasteiger partial charge in [-0.2, -0.15) is 0 Å². The third-order valence-corrected chi connectivity index (χ3v) is 3.71. The molecule has 18 heavy (non-hydrogen) atoms. The smallest absolute Gasteiger partial charge is 0.125 e. The van der Waals surface area contributed by atoms with Gasteiger partial charge in [0.15, 0.2) is 0 Å². The topological polar surface area (TPSA) is 25.2 Å². The first-order valence-electron chi connectivity index (χ1n) is 6.31. The molecule has 1 heterocycles. The molecular weight excluding hydrogens is 229 g/mol. The highest BCUT2D eigenvalue weighted by Crippen LogP contribution is 2.32. The van der Waals surface area contributed by atoms with E-state index in [1.807, 2.05) is 23.8 Å². The second-order valence-electron chi connectivity index (χ2n) is 4.93. The van der Waals surface area contributed by atoms with Crippen molar-refractivity contribution in [1.29, 1.82) is 0 Å². The number of aromatic nitrogens is 1. The number of nitrogens with zero attached hydrogens (tertiary/aromatic N) is 1. The summed E-state index contributed by atoms with van der Waals surface area (Å²) in [5, 5.41) is 9.96. The van der Waals surface area contributed by atoms with Crippen LogP contribution < -0.4 is 0 Å². The highest BCUT2D eigenvalue weighted by Gasteiger charge is 2.22. The third-order valence-electron chi connectivity index (χ3n) is 3.71. The maximum Gasteiger partial charge on any atom is 0.125 e. The molecule has 0 aliphatic heterocycles. The standard InChI is InChI=1S/C15H16FNO/c1-10-5-6-11(16)9-14(10)17-8-7-12-13(17)3-2-4-15(12)18/h5-9,15,18H,2-4H2,1H3. The molecule has 0 bridgehead atoms. The monoisotopic (exact) mass is 245 g/mol. The highest BCUT2D eigenvalue weighted by atomic mass is 19.1. The summed E-state index contributed by atoms with van der Waals surface area (Å²) in [6, 6.07) is 6.76. The molecule has 0 saturated heterocycles. The predicted octanol–water partition coefficient (Wildman–Crippen LogP) is 3.29. The first kappa shape index (κ1) is 11.5. The Morgan fingerprint density at radius 1 is 1.33 bits per heavy atom. The molecule has 1 aliphatic rings. The Morgan fingerprint density at radius 3 is 3.00 bits per heavy atom. The lowest BCUT2D eigenvalue weighted by atomic mass is 9.95. The zero-order valence-corrected chi connectivity index (χ0v) is 10.4. The summed E-state index contributed by atoms with van der Waals surface area (Å²) >= 11 is 0. The minimum atomic E-state index is -0.371. The summed E-state index contributed by atoms with van der Waals surface area (Å²) in [6.45, 7) is 1.97. The van der Waals surface area contributed by atoms with E-state index in [1.54, 1.807) is 12.1 Å². The second kappa shape index (κ2) is 4.25. The Labute approximate surface area is 106 Å². The fourth-order valence-corrected chi connectivity index (χ4v) is 2.73. The van der Waals surface area contributed by atoms with Gasteiger partial charge in [0.1, 0.15) is 5.82 Å². The van der Waals surface area contributed by atoms with Crippen LogP contribution in [0.3, 0.4) is 0 Å². The molecule has 1 atom stereocenters. The number of aliphatic hydroxyl groups is 1. The molecule has 0 amide bonds. The van der Waals surface area contributed by atoms with Gasteiger partial charge in [0.2, 0.25) is 0 Å². The van der Waals surface area contributed by atoms with E-state index in [0.717, 1.165) is 41.8 Å². The van der Waals surface area contributed by atoms with Gasteiger partial charge in [0, 0.05) is 17.5 Å². The summed E-state index contributed by atoms with van der Waals surface area (Å²) in [7, 11) is 0. The lowest BCUT2D eigenvalue weighted by Crippen LogP contribution is -2.11. The summed E-state index contributed by atoms with van der Waals surface area (Å²) in [5.41, 5.74) is 4.01. The molecule has 0 radical (unpaired) electrons. The van der Waals surface area contributed by atoms with Gasteiger partial charge in [-0.25, -0.2) is 4.39 Å². The predicted molar refractivity (Wildman–Crippen MR) is 68.4 cm³/mol. The highest BCUT2D eigenvalue weighted by molar-refractivity contribution is 5.45. The second-order valence-corrected chi connectivity index (χ2v) is 4.93.